The fourth-order valence-electron chi connectivity index (χ4n) is 3.23. The maximum Gasteiger partial charge on any atom is 0.310 e. The molecule has 8 nitrogen and oxygen atoms in total. The van der Waals surface area contributed by atoms with Crippen LogP contribution in [-0.4, -0.2) is 64.0 Å². The fraction of sp³-hybridized carbons (Fsp3) is 0.556. The quantitative estimate of drug-likeness (QED) is 0.221. The van der Waals surface area contributed by atoms with Crippen LogP contribution in [0.25, 0.3) is 0 Å². The smallest absolute Gasteiger partial charge is 0.310 e. The third kappa shape index (κ3) is 5.08. The third-order valence-corrected chi connectivity index (χ3v) is 4.63. The van der Waals surface area contributed by atoms with Crippen LogP contribution in [0.1, 0.15) is 6.92 Å². The number of carbonyl (C=O) groups is 1. The van der Waals surface area contributed by atoms with Gasteiger partial charge in [-0.1, -0.05) is 6.92 Å². The van der Waals surface area contributed by atoms with Crippen LogP contribution < -0.4 is 19.5 Å². The second kappa shape index (κ2) is 9.86. The first kappa shape index (κ1) is 21.4. The van der Waals surface area contributed by atoms with Crippen LogP contribution in [0.15, 0.2) is 23.2 Å². The normalized spacial score (nSPS) is 20.9. The van der Waals surface area contributed by atoms with Crippen molar-refractivity contribution in [2.24, 2.45) is 16.8 Å². The molecule has 2 heterocycles. The summed E-state index contributed by atoms with van der Waals surface area (Å²) >= 11 is 0. The zero-order chi connectivity index (χ0) is 18.5. The average Bonchev–Trinajstić information content (AvgIpc) is 3.27. The molecule has 1 fully saturated rings. The van der Waals surface area contributed by atoms with E-state index in [1.54, 1.807) is 7.05 Å². The predicted molar refractivity (Wildman–Crippen MR) is 111 cm³/mol. The van der Waals surface area contributed by atoms with Gasteiger partial charge in [0.1, 0.15) is 12.4 Å². The Balaban J connectivity index is 0.00000261. The lowest BCUT2D eigenvalue weighted by molar-refractivity contribution is -0.145. The molecule has 0 aromatic heterocycles. The Morgan fingerprint density at radius 1 is 1.33 bits per heavy atom. The summed E-state index contributed by atoms with van der Waals surface area (Å²) in [6, 6.07) is 5.51. The SMILES string of the molecule is CN=C(NCCOc1ccc2c(c1)OCO2)N1CC(C)C(C(=O)OC)C1.I. The molecule has 9 heteroatoms. The van der Waals surface area contributed by atoms with Crippen molar-refractivity contribution in [2.75, 3.05) is 47.2 Å². The number of esters is 1. The van der Waals surface area contributed by atoms with Crippen LogP contribution in [0.3, 0.4) is 0 Å². The second-order valence-electron chi connectivity index (χ2n) is 6.35. The molecule has 2 atom stereocenters. The Morgan fingerprint density at radius 3 is 2.85 bits per heavy atom. The van der Waals surface area contributed by atoms with Crippen LogP contribution >= 0.6 is 24.0 Å². The van der Waals surface area contributed by atoms with E-state index in [0.717, 1.165) is 24.0 Å². The van der Waals surface area contributed by atoms with Crippen LogP contribution in [-0.2, 0) is 9.53 Å². The minimum atomic E-state index is -0.165. The predicted octanol–water partition coefficient (Wildman–Crippen LogP) is 1.73. The molecule has 1 aromatic carbocycles. The lowest BCUT2D eigenvalue weighted by atomic mass is 9.99. The summed E-state index contributed by atoms with van der Waals surface area (Å²) < 4.78 is 21.2. The standard InChI is InChI=1S/C18H25N3O5.HI/c1-12-9-21(10-14(12)17(22)23-3)18(19-2)20-6-7-24-13-4-5-15-16(8-13)26-11-25-15;/h4-5,8,12,14H,6-7,9-11H2,1-3H3,(H,19,20);1H. The molecule has 27 heavy (non-hydrogen) atoms. The number of fused-ring (bicyclic) bond motifs is 1. The van der Waals surface area contributed by atoms with Gasteiger partial charge in [-0.3, -0.25) is 9.79 Å². The number of ether oxygens (including phenoxy) is 4. The van der Waals surface area contributed by atoms with Gasteiger partial charge in [-0.05, 0) is 18.1 Å². The summed E-state index contributed by atoms with van der Waals surface area (Å²) in [5.41, 5.74) is 0. The number of guanidine groups is 1. The molecule has 0 spiro atoms. The first-order chi connectivity index (χ1) is 12.6. The molecule has 0 amide bonds. The van der Waals surface area contributed by atoms with E-state index in [9.17, 15) is 4.79 Å². The van der Waals surface area contributed by atoms with Crippen LogP contribution in [0, 0.1) is 11.8 Å². The molecule has 0 saturated carbocycles. The summed E-state index contributed by atoms with van der Waals surface area (Å²) in [5, 5.41) is 3.27. The molecule has 0 aliphatic carbocycles. The monoisotopic (exact) mass is 491 g/mol. The van der Waals surface area contributed by atoms with E-state index < -0.39 is 0 Å². The number of nitrogens with zero attached hydrogens (tertiary/aromatic N) is 2. The van der Waals surface area contributed by atoms with Crippen LogP contribution in [0.5, 0.6) is 17.2 Å². The summed E-state index contributed by atoms with van der Waals surface area (Å²) in [6.07, 6.45) is 0. The lowest BCUT2D eigenvalue weighted by Crippen LogP contribution is -2.42. The molecule has 150 valence electrons. The summed E-state index contributed by atoms with van der Waals surface area (Å²) in [6.45, 7) is 4.74. The molecule has 0 bridgehead atoms. The van der Waals surface area contributed by atoms with E-state index in [-0.39, 0.29) is 48.6 Å². The molecule has 1 N–H and O–H groups in total. The van der Waals surface area contributed by atoms with Crippen molar-refractivity contribution >= 4 is 35.9 Å². The molecule has 3 rings (SSSR count). The summed E-state index contributed by atoms with van der Waals surface area (Å²) in [5.74, 6) is 2.87. The summed E-state index contributed by atoms with van der Waals surface area (Å²) in [4.78, 5) is 18.2. The van der Waals surface area contributed by atoms with Crippen molar-refractivity contribution in [1.29, 1.82) is 0 Å². The number of benzene rings is 1. The van der Waals surface area contributed by atoms with Gasteiger partial charge < -0.3 is 29.2 Å². The van der Waals surface area contributed by atoms with Gasteiger partial charge in [0.2, 0.25) is 6.79 Å². The molecular weight excluding hydrogens is 465 g/mol. The van der Waals surface area contributed by atoms with E-state index in [4.69, 9.17) is 18.9 Å². The molecule has 1 saturated heterocycles. The Hall–Kier alpha value is -1.91. The van der Waals surface area contributed by atoms with Crippen LogP contribution in [0.4, 0.5) is 0 Å². The van der Waals surface area contributed by atoms with Crippen molar-refractivity contribution in [3.05, 3.63) is 18.2 Å². The Labute approximate surface area is 176 Å². The van der Waals surface area contributed by atoms with Crippen molar-refractivity contribution in [2.45, 2.75) is 6.92 Å². The van der Waals surface area contributed by atoms with E-state index in [0.29, 0.717) is 25.4 Å². The van der Waals surface area contributed by atoms with Crippen molar-refractivity contribution in [3.8, 4) is 17.2 Å². The zero-order valence-electron chi connectivity index (χ0n) is 15.8. The highest BCUT2D eigenvalue weighted by atomic mass is 127. The van der Waals surface area contributed by atoms with Crippen molar-refractivity contribution < 1.29 is 23.7 Å². The van der Waals surface area contributed by atoms with Crippen molar-refractivity contribution in [3.63, 3.8) is 0 Å². The number of methoxy groups -OCH3 is 1. The number of carbonyl (C=O) groups excluding carboxylic acids is 1. The van der Waals surface area contributed by atoms with E-state index in [1.807, 2.05) is 18.2 Å². The number of hydrogen-bond donors (Lipinski definition) is 1. The van der Waals surface area contributed by atoms with Gasteiger partial charge in [0, 0.05) is 26.2 Å². The maximum atomic E-state index is 11.8. The third-order valence-electron chi connectivity index (χ3n) is 4.63. The minimum Gasteiger partial charge on any atom is -0.492 e. The average molecular weight is 491 g/mol. The Kier molecular flexibility index (Phi) is 7.81. The maximum absolute atomic E-state index is 11.8. The largest absolute Gasteiger partial charge is 0.492 e. The van der Waals surface area contributed by atoms with Gasteiger partial charge in [0.15, 0.2) is 17.5 Å². The van der Waals surface area contributed by atoms with E-state index in [2.05, 4.69) is 22.1 Å². The lowest BCUT2D eigenvalue weighted by Gasteiger charge is -2.21. The first-order valence-electron chi connectivity index (χ1n) is 8.68. The fourth-order valence-corrected chi connectivity index (χ4v) is 3.23. The number of halogens is 1. The van der Waals surface area contributed by atoms with E-state index in [1.165, 1.54) is 7.11 Å². The van der Waals surface area contributed by atoms with Gasteiger partial charge in [-0.15, -0.1) is 24.0 Å². The minimum absolute atomic E-state index is 0. The molecular formula is C18H26IN3O5. The molecule has 2 aliphatic heterocycles. The van der Waals surface area contributed by atoms with E-state index >= 15 is 0 Å². The molecule has 0 radical (unpaired) electrons. The Morgan fingerprint density at radius 2 is 2.11 bits per heavy atom. The number of likely N-dealkylation sites (tertiary alicyclic amines) is 1. The Bertz CT molecular complexity index is 685. The number of nitrogens with one attached hydrogen (secondary N) is 1. The highest BCUT2D eigenvalue weighted by Gasteiger charge is 2.36. The van der Waals surface area contributed by atoms with Gasteiger partial charge in [0.25, 0.3) is 0 Å². The highest BCUT2D eigenvalue weighted by molar-refractivity contribution is 14.0. The number of hydrogen-bond acceptors (Lipinski definition) is 6. The van der Waals surface area contributed by atoms with Gasteiger partial charge in [0.05, 0.1) is 19.6 Å². The number of aliphatic imine (C=N–C) groups is 1. The van der Waals surface area contributed by atoms with Crippen LogP contribution in [0.2, 0.25) is 0 Å². The molecule has 2 aliphatic rings. The van der Waals surface area contributed by atoms with Gasteiger partial charge >= 0.3 is 5.97 Å². The molecule has 2 unspecified atom stereocenters. The number of rotatable bonds is 5. The topological polar surface area (TPSA) is 81.6 Å². The second-order valence-corrected chi connectivity index (χ2v) is 6.35. The first-order valence-corrected chi connectivity index (χ1v) is 8.68. The van der Waals surface area contributed by atoms with Gasteiger partial charge in [-0.2, -0.15) is 0 Å². The highest BCUT2D eigenvalue weighted by Crippen LogP contribution is 2.35. The zero-order valence-corrected chi connectivity index (χ0v) is 18.1. The summed E-state index contributed by atoms with van der Waals surface area (Å²) in [7, 11) is 3.16. The van der Waals surface area contributed by atoms with Gasteiger partial charge in [-0.25, -0.2) is 0 Å². The molecule has 1 aromatic rings. The van der Waals surface area contributed by atoms with Crippen molar-refractivity contribution in [1.82, 2.24) is 10.2 Å².